The molecule has 0 bridgehead atoms. The van der Waals surface area contributed by atoms with Crippen molar-refractivity contribution in [3.63, 3.8) is 0 Å². The van der Waals surface area contributed by atoms with Crippen molar-refractivity contribution in [3.8, 4) is 0 Å². The molecule has 0 saturated carbocycles. The third-order valence-electron chi connectivity index (χ3n) is 1.79. The van der Waals surface area contributed by atoms with E-state index < -0.39 is 0 Å². The predicted octanol–water partition coefficient (Wildman–Crippen LogP) is 2.34. The monoisotopic (exact) mass is 142 g/mol. The lowest BCUT2D eigenvalue weighted by Gasteiger charge is -1.97. The fourth-order valence-electron chi connectivity index (χ4n) is 1.17. The molecule has 11 heavy (non-hydrogen) atoms. The second-order valence-corrected chi connectivity index (χ2v) is 2.56. The summed E-state index contributed by atoms with van der Waals surface area (Å²) in [5.41, 5.74) is 2.21. The average Bonchev–Trinajstić information content (AvgIpc) is 2.06. The summed E-state index contributed by atoms with van der Waals surface area (Å²) in [5, 5.41) is 1.19. The molecule has 0 aliphatic rings. The summed E-state index contributed by atoms with van der Waals surface area (Å²) in [7, 11) is 0. The van der Waals surface area contributed by atoms with E-state index in [1.165, 1.54) is 10.9 Å². The zero-order chi connectivity index (χ0) is 7.68. The van der Waals surface area contributed by atoms with Crippen molar-refractivity contribution in [2.24, 2.45) is 0 Å². The van der Waals surface area contributed by atoms with Crippen LogP contribution >= 0.6 is 0 Å². The molecule has 0 unspecified atom stereocenters. The fraction of sp³-hybridized carbons (Fsp3) is 0.100. The van der Waals surface area contributed by atoms with Gasteiger partial charge in [-0.25, -0.2) is 0 Å². The molecule has 0 atom stereocenters. The van der Waals surface area contributed by atoms with Crippen LogP contribution in [0.4, 0.5) is 0 Å². The Hall–Kier alpha value is -1.37. The highest BCUT2D eigenvalue weighted by atomic mass is 14.6. The van der Waals surface area contributed by atoms with E-state index in [0.29, 0.717) is 0 Å². The molecule has 1 radical (unpaired) electrons. The van der Waals surface area contributed by atoms with Crippen LogP contribution < -0.4 is 0 Å². The van der Waals surface area contributed by atoms with Crippen LogP contribution in [0.2, 0.25) is 0 Å². The van der Waals surface area contributed by atoms with Gasteiger partial charge in [0, 0.05) is 17.6 Å². The summed E-state index contributed by atoms with van der Waals surface area (Å²) in [6.07, 6.45) is 1.81. The Labute approximate surface area is 65.7 Å². The summed E-state index contributed by atoms with van der Waals surface area (Å²) < 4.78 is 0. The van der Waals surface area contributed by atoms with E-state index in [9.17, 15) is 0 Å². The predicted molar refractivity (Wildman–Crippen MR) is 45.3 cm³/mol. The minimum atomic E-state index is 0.951. The average molecular weight is 142 g/mol. The first kappa shape index (κ1) is 6.35. The molecule has 0 N–H and O–H groups in total. The standard InChI is InChI=1S/C10H8N/c1-8-6-7-11-10-5-3-2-4-9(8)10/h2-4,6-7H,1H3. The van der Waals surface area contributed by atoms with Crippen LogP contribution in [0.25, 0.3) is 10.9 Å². The second kappa shape index (κ2) is 2.35. The van der Waals surface area contributed by atoms with Gasteiger partial charge in [-0.3, -0.25) is 4.98 Å². The Bertz CT molecular complexity index is 374. The maximum absolute atomic E-state index is 4.19. The summed E-state index contributed by atoms with van der Waals surface area (Å²) in [6.45, 7) is 2.08. The quantitative estimate of drug-likeness (QED) is 0.550. The van der Waals surface area contributed by atoms with Crippen molar-refractivity contribution in [1.82, 2.24) is 4.98 Å². The number of nitrogens with zero attached hydrogens (tertiary/aromatic N) is 1. The van der Waals surface area contributed by atoms with Gasteiger partial charge in [-0.2, -0.15) is 0 Å². The first-order chi connectivity index (χ1) is 5.38. The minimum absolute atomic E-state index is 0.951. The van der Waals surface area contributed by atoms with Crippen LogP contribution in [0, 0.1) is 13.0 Å². The molecular weight excluding hydrogens is 134 g/mol. The highest BCUT2D eigenvalue weighted by molar-refractivity contribution is 5.80. The Morgan fingerprint density at radius 2 is 2.27 bits per heavy atom. The topological polar surface area (TPSA) is 12.9 Å². The van der Waals surface area contributed by atoms with Crippen LogP contribution in [0.3, 0.4) is 0 Å². The number of fused-ring (bicyclic) bond motifs is 1. The Balaban J connectivity index is 2.91. The van der Waals surface area contributed by atoms with E-state index in [2.05, 4.69) is 24.0 Å². The van der Waals surface area contributed by atoms with Crippen LogP contribution in [-0.4, -0.2) is 4.98 Å². The highest BCUT2D eigenvalue weighted by Crippen LogP contribution is 2.13. The molecule has 0 aliphatic heterocycles. The molecule has 1 heterocycles. The molecule has 0 spiro atoms. The van der Waals surface area contributed by atoms with Crippen molar-refractivity contribution < 1.29 is 0 Å². The van der Waals surface area contributed by atoms with Gasteiger partial charge < -0.3 is 0 Å². The molecule has 1 heteroatoms. The fourth-order valence-corrected chi connectivity index (χ4v) is 1.17. The number of hydrogen-bond acceptors (Lipinski definition) is 1. The van der Waals surface area contributed by atoms with Crippen molar-refractivity contribution in [2.75, 3.05) is 0 Å². The van der Waals surface area contributed by atoms with Gasteiger partial charge in [0.05, 0.1) is 5.52 Å². The number of aryl methyl sites for hydroxylation is 1. The van der Waals surface area contributed by atoms with E-state index in [1.807, 2.05) is 24.4 Å². The summed E-state index contributed by atoms with van der Waals surface area (Å²) in [4.78, 5) is 4.19. The SMILES string of the molecule is Cc1ccnc2[c]cccc12. The number of hydrogen-bond donors (Lipinski definition) is 0. The Morgan fingerprint density at radius 3 is 3.09 bits per heavy atom. The lowest BCUT2D eigenvalue weighted by atomic mass is 10.1. The lowest BCUT2D eigenvalue weighted by Crippen LogP contribution is -1.80. The smallest absolute Gasteiger partial charge is 0.0783 e. The molecule has 1 aromatic heterocycles. The summed E-state index contributed by atoms with van der Waals surface area (Å²) in [5.74, 6) is 0. The van der Waals surface area contributed by atoms with Crippen molar-refractivity contribution in [2.45, 2.75) is 6.92 Å². The molecule has 0 aliphatic carbocycles. The zero-order valence-electron chi connectivity index (χ0n) is 6.33. The summed E-state index contributed by atoms with van der Waals surface area (Å²) >= 11 is 0. The zero-order valence-corrected chi connectivity index (χ0v) is 6.33. The Kier molecular flexibility index (Phi) is 1.35. The third-order valence-corrected chi connectivity index (χ3v) is 1.79. The Morgan fingerprint density at radius 1 is 1.36 bits per heavy atom. The van der Waals surface area contributed by atoms with Crippen LogP contribution in [-0.2, 0) is 0 Å². The largest absolute Gasteiger partial charge is 0.256 e. The minimum Gasteiger partial charge on any atom is -0.256 e. The molecule has 0 fully saturated rings. The van der Waals surface area contributed by atoms with Crippen molar-refractivity contribution in [1.29, 1.82) is 0 Å². The van der Waals surface area contributed by atoms with E-state index in [4.69, 9.17) is 0 Å². The number of para-hydroxylation sites is 1. The molecular formula is C10H8N. The van der Waals surface area contributed by atoms with Crippen LogP contribution in [0.15, 0.2) is 30.5 Å². The summed E-state index contributed by atoms with van der Waals surface area (Å²) in [6, 6.07) is 11.0. The molecule has 2 aromatic rings. The number of pyridine rings is 1. The molecule has 2 rings (SSSR count). The molecule has 0 amide bonds. The lowest BCUT2D eigenvalue weighted by molar-refractivity contribution is 1.37. The van der Waals surface area contributed by atoms with E-state index in [0.717, 1.165) is 5.52 Å². The maximum Gasteiger partial charge on any atom is 0.0783 e. The van der Waals surface area contributed by atoms with E-state index in [-0.39, 0.29) is 0 Å². The van der Waals surface area contributed by atoms with Gasteiger partial charge in [0.2, 0.25) is 0 Å². The maximum atomic E-state index is 4.19. The first-order valence-electron chi connectivity index (χ1n) is 3.60. The van der Waals surface area contributed by atoms with Gasteiger partial charge in [-0.05, 0) is 18.6 Å². The van der Waals surface area contributed by atoms with Crippen LogP contribution in [0.5, 0.6) is 0 Å². The van der Waals surface area contributed by atoms with Crippen molar-refractivity contribution >= 4 is 10.9 Å². The number of benzene rings is 1. The highest BCUT2D eigenvalue weighted by Gasteiger charge is 1.93. The number of rotatable bonds is 0. The van der Waals surface area contributed by atoms with E-state index >= 15 is 0 Å². The first-order valence-corrected chi connectivity index (χ1v) is 3.60. The molecule has 53 valence electrons. The second-order valence-electron chi connectivity index (χ2n) is 2.56. The van der Waals surface area contributed by atoms with Gasteiger partial charge >= 0.3 is 0 Å². The molecule has 1 aromatic carbocycles. The van der Waals surface area contributed by atoms with Gasteiger partial charge in [-0.15, -0.1) is 0 Å². The molecule has 1 nitrogen and oxygen atoms in total. The third kappa shape index (κ3) is 0.984. The van der Waals surface area contributed by atoms with Crippen molar-refractivity contribution in [3.05, 3.63) is 42.1 Å². The van der Waals surface area contributed by atoms with Gasteiger partial charge in [-0.1, -0.05) is 18.2 Å². The van der Waals surface area contributed by atoms with Crippen LogP contribution in [0.1, 0.15) is 5.56 Å². The number of aromatic nitrogens is 1. The van der Waals surface area contributed by atoms with Gasteiger partial charge in [0.15, 0.2) is 0 Å². The van der Waals surface area contributed by atoms with Gasteiger partial charge in [0.25, 0.3) is 0 Å². The normalized spacial score (nSPS) is 10.3. The van der Waals surface area contributed by atoms with E-state index in [1.54, 1.807) is 0 Å². The van der Waals surface area contributed by atoms with Gasteiger partial charge in [0.1, 0.15) is 0 Å². The molecule has 0 saturated heterocycles.